The van der Waals surface area contributed by atoms with E-state index in [-0.39, 0.29) is 18.5 Å². The van der Waals surface area contributed by atoms with E-state index in [9.17, 15) is 9.59 Å². The Bertz CT molecular complexity index is 460. The van der Waals surface area contributed by atoms with Gasteiger partial charge in [0, 0.05) is 13.0 Å². The molecule has 1 aromatic rings. The first-order valence-corrected chi connectivity index (χ1v) is 7.05. The maximum Gasteiger partial charge on any atom is 0.315 e. The number of hydrogen-bond donors (Lipinski definition) is 3. The molecule has 21 heavy (non-hydrogen) atoms. The molecule has 0 saturated carbocycles. The highest BCUT2D eigenvalue weighted by molar-refractivity contribution is 5.74. The number of rotatable bonds is 9. The summed E-state index contributed by atoms with van der Waals surface area (Å²) < 4.78 is 0. The summed E-state index contributed by atoms with van der Waals surface area (Å²) in [5.41, 5.74) is 1.04. The lowest BCUT2D eigenvalue weighted by atomic mass is 10.0. The van der Waals surface area contributed by atoms with Gasteiger partial charge < -0.3 is 15.7 Å². The van der Waals surface area contributed by atoms with E-state index in [0.717, 1.165) is 18.4 Å². The van der Waals surface area contributed by atoms with Crippen LogP contribution in [0, 0.1) is 0 Å². The van der Waals surface area contributed by atoms with Crippen LogP contribution >= 0.6 is 0 Å². The van der Waals surface area contributed by atoms with E-state index in [1.807, 2.05) is 36.4 Å². The quantitative estimate of drug-likeness (QED) is 0.483. The predicted molar refractivity (Wildman–Crippen MR) is 82.0 cm³/mol. The number of urea groups is 1. The number of nitrogens with one attached hydrogen (secondary N) is 2. The minimum absolute atomic E-state index is 0.0544. The van der Waals surface area contributed by atoms with Gasteiger partial charge >= 0.3 is 12.0 Å². The summed E-state index contributed by atoms with van der Waals surface area (Å²) >= 11 is 0. The lowest BCUT2D eigenvalue weighted by Crippen LogP contribution is -2.38. The van der Waals surface area contributed by atoms with Gasteiger partial charge in [-0.1, -0.05) is 36.4 Å². The molecule has 0 spiro atoms. The smallest absolute Gasteiger partial charge is 0.315 e. The molecule has 1 aromatic carbocycles. The molecule has 3 N–H and O–H groups in total. The van der Waals surface area contributed by atoms with Crippen LogP contribution in [0.4, 0.5) is 4.79 Å². The Morgan fingerprint density at radius 3 is 2.62 bits per heavy atom. The average molecular weight is 290 g/mol. The maximum absolute atomic E-state index is 11.8. The van der Waals surface area contributed by atoms with Gasteiger partial charge in [0.1, 0.15) is 0 Å². The Hall–Kier alpha value is -2.30. The topological polar surface area (TPSA) is 78.4 Å². The molecule has 0 radical (unpaired) electrons. The molecule has 0 aliphatic heterocycles. The first-order valence-electron chi connectivity index (χ1n) is 7.05. The molecule has 1 unspecified atom stereocenters. The lowest BCUT2D eigenvalue weighted by Gasteiger charge is -2.19. The third-order valence-corrected chi connectivity index (χ3v) is 3.02. The van der Waals surface area contributed by atoms with E-state index in [2.05, 4.69) is 17.2 Å². The molecular weight excluding hydrogens is 268 g/mol. The van der Waals surface area contributed by atoms with E-state index < -0.39 is 5.97 Å². The number of benzene rings is 1. The Kier molecular flexibility index (Phi) is 7.64. The van der Waals surface area contributed by atoms with Gasteiger partial charge in [-0.2, -0.15) is 0 Å². The number of hydrogen-bond acceptors (Lipinski definition) is 2. The molecule has 0 heterocycles. The van der Waals surface area contributed by atoms with Crippen molar-refractivity contribution in [2.75, 3.05) is 6.54 Å². The van der Waals surface area contributed by atoms with Crippen molar-refractivity contribution in [1.29, 1.82) is 0 Å². The summed E-state index contributed by atoms with van der Waals surface area (Å²) in [7, 11) is 0. The van der Waals surface area contributed by atoms with Crippen molar-refractivity contribution in [2.24, 2.45) is 0 Å². The van der Waals surface area contributed by atoms with Crippen molar-refractivity contribution in [2.45, 2.75) is 31.7 Å². The van der Waals surface area contributed by atoms with E-state index in [1.54, 1.807) is 0 Å². The molecule has 114 valence electrons. The summed E-state index contributed by atoms with van der Waals surface area (Å²) in [6.45, 7) is 4.05. The third-order valence-electron chi connectivity index (χ3n) is 3.02. The zero-order valence-corrected chi connectivity index (χ0v) is 12.0. The number of amides is 2. The summed E-state index contributed by atoms with van der Waals surface area (Å²) in [4.78, 5) is 22.2. The SMILES string of the molecule is C=CCCC(NC(=O)NCCCC(=O)O)c1ccccc1. The van der Waals surface area contributed by atoms with Crippen LogP contribution in [0.5, 0.6) is 0 Å². The fourth-order valence-electron chi connectivity index (χ4n) is 1.94. The van der Waals surface area contributed by atoms with E-state index in [1.165, 1.54) is 0 Å². The normalized spacial score (nSPS) is 11.4. The van der Waals surface area contributed by atoms with Crippen molar-refractivity contribution in [3.05, 3.63) is 48.6 Å². The Labute approximate surface area is 125 Å². The van der Waals surface area contributed by atoms with Gasteiger partial charge in [-0.05, 0) is 24.8 Å². The highest BCUT2D eigenvalue weighted by Gasteiger charge is 2.13. The van der Waals surface area contributed by atoms with E-state index >= 15 is 0 Å². The standard InChI is InChI=1S/C16H22N2O3/c1-2-3-10-14(13-8-5-4-6-9-13)18-16(21)17-12-7-11-15(19)20/h2,4-6,8-9,14H,1,3,7,10-12H2,(H,19,20)(H2,17,18,21). The molecule has 0 saturated heterocycles. The molecule has 0 aliphatic carbocycles. The predicted octanol–water partition coefficient (Wildman–Crippen LogP) is 2.86. The molecule has 1 atom stereocenters. The fraction of sp³-hybridized carbons (Fsp3) is 0.375. The van der Waals surface area contributed by atoms with Gasteiger partial charge in [-0.3, -0.25) is 4.79 Å². The first-order chi connectivity index (χ1) is 10.1. The van der Waals surface area contributed by atoms with Crippen LogP contribution < -0.4 is 10.6 Å². The van der Waals surface area contributed by atoms with Crippen LogP contribution in [0.3, 0.4) is 0 Å². The Morgan fingerprint density at radius 1 is 1.29 bits per heavy atom. The van der Waals surface area contributed by atoms with Crippen molar-refractivity contribution < 1.29 is 14.7 Å². The van der Waals surface area contributed by atoms with Crippen LogP contribution in [0.15, 0.2) is 43.0 Å². The molecule has 0 aromatic heterocycles. The van der Waals surface area contributed by atoms with Crippen LogP contribution in [0.25, 0.3) is 0 Å². The summed E-state index contributed by atoms with van der Waals surface area (Å²) in [6.07, 6.45) is 3.88. The van der Waals surface area contributed by atoms with Crippen molar-refractivity contribution in [1.82, 2.24) is 10.6 Å². The lowest BCUT2D eigenvalue weighted by molar-refractivity contribution is -0.137. The number of allylic oxidation sites excluding steroid dienone is 1. The van der Waals surface area contributed by atoms with Gasteiger partial charge in [-0.25, -0.2) is 4.79 Å². The van der Waals surface area contributed by atoms with Crippen molar-refractivity contribution in [3.63, 3.8) is 0 Å². The molecule has 1 rings (SSSR count). The molecule has 0 fully saturated rings. The number of carbonyl (C=O) groups is 2. The van der Waals surface area contributed by atoms with Gasteiger partial charge in [0.25, 0.3) is 0 Å². The highest BCUT2D eigenvalue weighted by atomic mass is 16.4. The molecular formula is C16H22N2O3. The fourth-order valence-corrected chi connectivity index (χ4v) is 1.94. The second kappa shape index (κ2) is 9.58. The number of aliphatic carboxylic acids is 1. The molecule has 0 bridgehead atoms. The van der Waals surface area contributed by atoms with Crippen molar-refractivity contribution in [3.8, 4) is 0 Å². The average Bonchev–Trinajstić information content (AvgIpc) is 2.48. The van der Waals surface area contributed by atoms with Gasteiger partial charge in [-0.15, -0.1) is 6.58 Å². The van der Waals surface area contributed by atoms with Crippen molar-refractivity contribution >= 4 is 12.0 Å². The van der Waals surface area contributed by atoms with Crippen LogP contribution in [-0.2, 0) is 4.79 Å². The van der Waals surface area contributed by atoms with Crippen LogP contribution in [-0.4, -0.2) is 23.7 Å². The number of carboxylic acids is 1. The summed E-state index contributed by atoms with van der Waals surface area (Å²) in [5, 5.41) is 14.1. The zero-order valence-electron chi connectivity index (χ0n) is 12.0. The van der Waals surface area contributed by atoms with E-state index in [4.69, 9.17) is 5.11 Å². The summed E-state index contributed by atoms with van der Waals surface area (Å²) in [5.74, 6) is -0.856. The highest BCUT2D eigenvalue weighted by Crippen LogP contribution is 2.18. The molecule has 5 heteroatoms. The molecule has 5 nitrogen and oxygen atoms in total. The monoisotopic (exact) mass is 290 g/mol. The first kappa shape index (κ1) is 16.8. The second-order valence-corrected chi connectivity index (χ2v) is 4.73. The minimum atomic E-state index is -0.856. The number of carbonyl (C=O) groups excluding carboxylic acids is 1. The Morgan fingerprint density at radius 2 is 2.00 bits per heavy atom. The summed E-state index contributed by atoms with van der Waals surface area (Å²) in [6, 6.07) is 9.38. The number of carboxylic acid groups (broad SMARTS) is 1. The maximum atomic E-state index is 11.8. The minimum Gasteiger partial charge on any atom is -0.481 e. The molecule has 0 aliphatic rings. The largest absolute Gasteiger partial charge is 0.481 e. The second-order valence-electron chi connectivity index (χ2n) is 4.73. The van der Waals surface area contributed by atoms with E-state index in [0.29, 0.717) is 13.0 Å². The Balaban J connectivity index is 2.46. The van der Waals surface area contributed by atoms with Gasteiger partial charge in [0.05, 0.1) is 6.04 Å². The van der Waals surface area contributed by atoms with Gasteiger partial charge in [0.2, 0.25) is 0 Å². The van der Waals surface area contributed by atoms with Gasteiger partial charge in [0.15, 0.2) is 0 Å². The molecule has 2 amide bonds. The third kappa shape index (κ3) is 7.15. The van der Waals surface area contributed by atoms with Crippen LogP contribution in [0.1, 0.15) is 37.3 Å². The zero-order chi connectivity index (χ0) is 15.5. The van der Waals surface area contributed by atoms with Crippen LogP contribution in [0.2, 0.25) is 0 Å².